The largest absolute Gasteiger partial charge is 0.344 e. The third kappa shape index (κ3) is 6.22. The van der Waals surface area contributed by atoms with Crippen molar-refractivity contribution in [1.29, 1.82) is 0 Å². The van der Waals surface area contributed by atoms with E-state index in [2.05, 4.69) is 171 Å². The van der Waals surface area contributed by atoms with E-state index in [4.69, 9.17) is 11.6 Å². The van der Waals surface area contributed by atoms with Crippen LogP contribution in [0.4, 0.5) is 11.4 Å². The Kier molecular flexibility index (Phi) is 9.51. The van der Waals surface area contributed by atoms with Crippen molar-refractivity contribution in [1.82, 2.24) is 0 Å². The van der Waals surface area contributed by atoms with Crippen LogP contribution < -0.4 is 4.90 Å². The first-order valence-corrected chi connectivity index (χ1v) is 18.1. The van der Waals surface area contributed by atoms with Crippen LogP contribution >= 0.6 is 56.8 Å². The minimum Gasteiger partial charge on any atom is -0.344 e. The number of benzene rings is 2. The molecular weight excluding hydrogens is 776 g/mol. The van der Waals surface area contributed by atoms with E-state index in [-0.39, 0.29) is 10.8 Å². The van der Waals surface area contributed by atoms with Crippen molar-refractivity contribution in [3.05, 3.63) is 101 Å². The van der Waals surface area contributed by atoms with Gasteiger partial charge in [0.2, 0.25) is 5.69 Å². The van der Waals surface area contributed by atoms with Crippen LogP contribution in [-0.2, 0) is 10.8 Å². The van der Waals surface area contributed by atoms with Crippen molar-refractivity contribution in [2.24, 2.45) is 0 Å². The molecule has 43 heavy (non-hydrogen) atoms. The van der Waals surface area contributed by atoms with Crippen molar-refractivity contribution >= 4 is 73.9 Å². The molecule has 0 aromatic heterocycles. The van der Waals surface area contributed by atoms with Crippen LogP contribution in [0.5, 0.6) is 0 Å². The Balaban J connectivity index is 1.55. The van der Waals surface area contributed by atoms with Gasteiger partial charge in [-0.25, -0.2) is 0 Å². The van der Waals surface area contributed by atoms with Gasteiger partial charge in [0.25, 0.3) is 0 Å². The lowest BCUT2D eigenvalue weighted by atomic mass is 9.81. The SMILES string of the molecule is CCCN1/C(=C/C=C2\C[N+](C)(C)CC(/C=C/C3=[N+](CCC)c4ccc(I)cc4C3(C)C)=C2Cl)C(C)(C)c2cc(I)ccc21. The van der Waals surface area contributed by atoms with E-state index in [9.17, 15) is 0 Å². The highest BCUT2D eigenvalue weighted by Gasteiger charge is 2.44. The molecule has 3 aliphatic rings. The molecule has 0 N–H and O–H groups in total. The van der Waals surface area contributed by atoms with Crippen molar-refractivity contribution in [2.45, 2.75) is 65.2 Å². The first kappa shape index (κ1) is 33.0. The minimum absolute atomic E-state index is 0.0685. The smallest absolute Gasteiger partial charge is 0.209 e. The molecule has 3 aliphatic heterocycles. The fourth-order valence-corrected chi connectivity index (χ4v) is 8.39. The summed E-state index contributed by atoms with van der Waals surface area (Å²) in [6.45, 7) is 17.8. The van der Waals surface area contributed by atoms with E-state index >= 15 is 0 Å². The summed E-state index contributed by atoms with van der Waals surface area (Å²) in [6, 6.07) is 13.7. The number of hydrogen-bond donors (Lipinski definition) is 0. The summed E-state index contributed by atoms with van der Waals surface area (Å²) in [7, 11) is 4.62. The van der Waals surface area contributed by atoms with Crippen LogP contribution in [0, 0.1) is 7.14 Å². The first-order valence-electron chi connectivity index (χ1n) is 15.5. The zero-order chi connectivity index (χ0) is 31.3. The Labute approximate surface area is 291 Å². The van der Waals surface area contributed by atoms with Gasteiger partial charge in [0.1, 0.15) is 19.6 Å². The van der Waals surface area contributed by atoms with Gasteiger partial charge < -0.3 is 9.38 Å². The second-order valence-electron chi connectivity index (χ2n) is 13.9. The monoisotopic (exact) mass is 821 g/mol. The minimum atomic E-state index is -0.0685. The molecule has 5 rings (SSSR count). The Morgan fingerprint density at radius 1 is 0.884 bits per heavy atom. The lowest BCUT2D eigenvalue weighted by Crippen LogP contribution is -2.45. The lowest BCUT2D eigenvalue weighted by molar-refractivity contribution is -0.881. The molecular formula is C37H46ClI2N3+2. The highest BCUT2D eigenvalue weighted by molar-refractivity contribution is 14.1. The molecule has 0 atom stereocenters. The van der Waals surface area contributed by atoms with Crippen molar-refractivity contribution in [2.75, 3.05) is 45.2 Å². The standard InChI is InChI=1S/C37H46ClI2N3/c1-9-19-41-31-15-13-27(39)21-29(31)36(3,4)33(41)17-11-25-23-43(7,8)24-26(35(25)38)12-18-34-37(5,6)30-22-28(40)14-16-32(30)42(34)20-10-2/h11-18,21-22H,9-10,19-20,23-24H2,1-8H3/q+2. The van der Waals surface area contributed by atoms with Crippen LogP contribution in [0.2, 0.25) is 0 Å². The summed E-state index contributed by atoms with van der Waals surface area (Å²) >= 11 is 12.2. The van der Waals surface area contributed by atoms with Crippen molar-refractivity contribution < 1.29 is 9.06 Å². The number of anilines is 1. The molecule has 6 heteroatoms. The van der Waals surface area contributed by atoms with Gasteiger partial charge in [0, 0.05) is 65.8 Å². The summed E-state index contributed by atoms with van der Waals surface area (Å²) in [5.41, 5.74) is 10.5. The number of fused-ring (bicyclic) bond motifs is 2. The molecule has 0 saturated heterocycles. The van der Waals surface area contributed by atoms with Crippen molar-refractivity contribution in [3.8, 4) is 0 Å². The summed E-state index contributed by atoms with van der Waals surface area (Å²) in [4.78, 5) is 2.52. The molecule has 2 aromatic carbocycles. The number of hydrogen-bond acceptors (Lipinski definition) is 1. The molecule has 0 saturated carbocycles. The number of rotatable bonds is 7. The highest BCUT2D eigenvalue weighted by atomic mass is 127. The van der Waals surface area contributed by atoms with Gasteiger partial charge in [0.15, 0.2) is 5.71 Å². The molecule has 0 amide bonds. The number of allylic oxidation sites excluding steroid dienone is 4. The molecule has 2 aromatic rings. The number of halogens is 3. The number of quaternary nitrogens is 1. The average molecular weight is 822 g/mol. The Bertz CT molecular complexity index is 1600. The number of nitrogens with zero attached hydrogens (tertiary/aromatic N) is 3. The van der Waals surface area contributed by atoms with E-state index in [1.54, 1.807) is 0 Å². The lowest BCUT2D eigenvalue weighted by Gasteiger charge is -2.35. The molecule has 0 aliphatic carbocycles. The fourth-order valence-electron chi connectivity index (χ4n) is 7.16. The van der Waals surface area contributed by atoms with E-state index in [0.29, 0.717) is 0 Å². The van der Waals surface area contributed by atoms with Crippen LogP contribution in [0.25, 0.3) is 0 Å². The van der Waals surface area contributed by atoms with Gasteiger partial charge in [-0.3, -0.25) is 0 Å². The fraction of sp³-hybridized carbons (Fsp3) is 0.432. The van der Waals surface area contributed by atoms with Crippen molar-refractivity contribution in [3.63, 3.8) is 0 Å². The van der Waals surface area contributed by atoms with Crippen LogP contribution in [0.3, 0.4) is 0 Å². The van der Waals surface area contributed by atoms with Gasteiger partial charge in [-0.05, 0) is 113 Å². The van der Waals surface area contributed by atoms with E-state index < -0.39 is 0 Å². The zero-order valence-corrected chi connectivity index (χ0v) is 32.1. The first-order chi connectivity index (χ1) is 20.2. The van der Waals surface area contributed by atoms with E-state index in [0.717, 1.165) is 48.5 Å². The van der Waals surface area contributed by atoms with Crippen LogP contribution in [0.1, 0.15) is 65.5 Å². The third-order valence-corrected chi connectivity index (χ3v) is 11.1. The Morgan fingerprint density at radius 2 is 1.56 bits per heavy atom. The quantitative estimate of drug-likeness (QED) is 0.153. The maximum Gasteiger partial charge on any atom is 0.209 e. The van der Waals surface area contributed by atoms with Gasteiger partial charge >= 0.3 is 0 Å². The summed E-state index contributed by atoms with van der Waals surface area (Å²) in [5, 5.41) is 0.904. The van der Waals surface area contributed by atoms with E-state index in [1.165, 1.54) is 52.2 Å². The maximum atomic E-state index is 7.29. The Hall–Kier alpha value is -1.42. The second kappa shape index (κ2) is 12.4. The number of likely N-dealkylation sites (N-methyl/N-ethyl adjacent to an activating group) is 1. The van der Waals surface area contributed by atoms with E-state index in [1.807, 2.05) is 0 Å². The Morgan fingerprint density at radius 3 is 2.23 bits per heavy atom. The molecule has 0 bridgehead atoms. The van der Waals surface area contributed by atoms with Crippen LogP contribution in [0.15, 0.2) is 82.6 Å². The molecule has 0 radical (unpaired) electrons. The molecule has 228 valence electrons. The molecule has 0 fully saturated rings. The predicted octanol–water partition coefficient (Wildman–Crippen LogP) is 9.84. The van der Waals surface area contributed by atoms with Gasteiger partial charge in [-0.1, -0.05) is 45.4 Å². The molecule has 0 spiro atoms. The summed E-state index contributed by atoms with van der Waals surface area (Å²) in [6.07, 6.45) is 11.5. The summed E-state index contributed by atoms with van der Waals surface area (Å²) in [5.74, 6) is 0. The van der Waals surface area contributed by atoms with Gasteiger partial charge in [0.05, 0.1) is 24.5 Å². The molecule has 3 heterocycles. The zero-order valence-electron chi connectivity index (χ0n) is 27.0. The third-order valence-electron chi connectivity index (χ3n) is 9.25. The average Bonchev–Trinajstić information content (AvgIpc) is 3.26. The van der Waals surface area contributed by atoms with Gasteiger partial charge in [-0.2, -0.15) is 4.58 Å². The molecule has 0 unspecified atom stereocenters. The maximum absolute atomic E-state index is 7.29. The molecule has 3 nitrogen and oxygen atoms in total. The highest BCUT2D eigenvalue weighted by Crippen LogP contribution is 2.48. The second-order valence-corrected chi connectivity index (χ2v) is 16.8. The predicted molar refractivity (Wildman–Crippen MR) is 202 cm³/mol. The summed E-state index contributed by atoms with van der Waals surface area (Å²) < 4.78 is 5.96. The topological polar surface area (TPSA) is 6.25 Å². The normalized spacial score (nSPS) is 22.3. The van der Waals surface area contributed by atoms with Crippen LogP contribution in [-0.4, -0.2) is 55.0 Å². The van der Waals surface area contributed by atoms with Gasteiger partial charge in [-0.15, -0.1) is 0 Å².